The lowest BCUT2D eigenvalue weighted by atomic mass is 9.86. The average molecular weight is 446 g/mol. The van der Waals surface area contributed by atoms with Crippen LogP contribution >= 0.6 is 0 Å². The summed E-state index contributed by atoms with van der Waals surface area (Å²) >= 11 is 0. The summed E-state index contributed by atoms with van der Waals surface area (Å²) in [6.07, 6.45) is 14.4. The van der Waals surface area contributed by atoms with E-state index in [0.29, 0.717) is 0 Å². The molecule has 2 aliphatic carbocycles. The molecule has 4 nitrogen and oxygen atoms in total. The molecule has 2 saturated carbocycles. The molecule has 174 valence electrons. The van der Waals surface area contributed by atoms with Gasteiger partial charge in [-0.2, -0.15) is 0 Å². The van der Waals surface area contributed by atoms with E-state index < -0.39 is 0 Å². The zero-order valence-electron chi connectivity index (χ0n) is 19.9. The molecular weight excluding hydrogens is 410 g/mol. The van der Waals surface area contributed by atoms with Crippen LogP contribution in [0, 0.1) is 0 Å². The lowest BCUT2D eigenvalue weighted by molar-refractivity contribution is -0.118. The molecule has 33 heavy (non-hydrogen) atoms. The fourth-order valence-electron chi connectivity index (χ4n) is 5.18. The normalized spacial score (nSPS) is 15.7. The Balaban J connectivity index is 1.75. The Kier molecular flexibility index (Phi) is 7.54. The van der Waals surface area contributed by atoms with Crippen molar-refractivity contribution in [3.63, 3.8) is 0 Å². The number of nitrogens with two attached hydrogens (primary N) is 1. The van der Waals surface area contributed by atoms with Gasteiger partial charge in [0.2, 0.25) is 5.91 Å². The van der Waals surface area contributed by atoms with Gasteiger partial charge in [0.05, 0.1) is 14.2 Å². The number of allylic oxidation sites excluding steroid dienone is 2. The quantitative estimate of drug-likeness (QED) is 0.496. The molecule has 0 bridgehead atoms. The Labute approximate surface area is 197 Å². The number of benzene rings is 2. The third-order valence-electron chi connectivity index (χ3n) is 6.93. The molecule has 2 aliphatic rings. The number of rotatable bonds is 8. The van der Waals surface area contributed by atoms with E-state index in [-0.39, 0.29) is 18.2 Å². The minimum Gasteiger partial charge on any atom is -0.496 e. The van der Waals surface area contributed by atoms with Crippen molar-refractivity contribution >= 4 is 18.1 Å². The van der Waals surface area contributed by atoms with E-state index >= 15 is 0 Å². The zero-order chi connectivity index (χ0) is 23.2. The van der Waals surface area contributed by atoms with E-state index in [4.69, 9.17) is 15.2 Å². The smallest absolute Gasteiger partial charge is 0.218 e. The molecule has 0 aromatic heterocycles. The fraction of sp³-hybridized carbons (Fsp3) is 0.414. The number of amides is 1. The first-order chi connectivity index (χ1) is 16.1. The highest BCUT2D eigenvalue weighted by Crippen LogP contribution is 2.37. The average Bonchev–Trinajstić information content (AvgIpc) is 3.52. The highest BCUT2D eigenvalue weighted by atomic mass is 16.5. The minimum atomic E-state index is -0.307. The lowest BCUT2D eigenvalue weighted by Crippen LogP contribution is -2.16. The van der Waals surface area contributed by atoms with Crippen LogP contribution in [0.4, 0.5) is 0 Å². The molecule has 1 amide bonds. The maximum atomic E-state index is 12.1. The summed E-state index contributed by atoms with van der Waals surface area (Å²) in [6, 6.07) is 12.5. The third kappa shape index (κ3) is 5.68. The summed E-state index contributed by atoms with van der Waals surface area (Å²) in [4.78, 5) is 12.1. The van der Waals surface area contributed by atoms with Crippen molar-refractivity contribution in [3.8, 4) is 11.5 Å². The van der Waals surface area contributed by atoms with Gasteiger partial charge in [-0.3, -0.25) is 4.79 Å². The zero-order valence-corrected chi connectivity index (χ0v) is 19.9. The molecule has 4 heteroatoms. The van der Waals surface area contributed by atoms with Crippen LogP contribution in [0.2, 0.25) is 0 Å². The first kappa shape index (κ1) is 23.2. The van der Waals surface area contributed by atoms with E-state index in [1.807, 2.05) is 12.1 Å². The fourth-order valence-corrected chi connectivity index (χ4v) is 5.18. The van der Waals surface area contributed by atoms with E-state index in [9.17, 15) is 4.79 Å². The molecule has 0 aliphatic heterocycles. The van der Waals surface area contributed by atoms with Gasteiger partial charge in [0.1, 0.15) is 11.5 Å². The first-order valence-electron chi connectivity index (χ1n) is 12.1. The summed E-state index contributed by atoms with van der Waals surface area (Å²) in [6.45, 7) is 0. The van der Waals surface area contributed by atoms with Crippen molar-refractivity contribution in [2.45, 2.75) is 63.7 Å². The molecule has 0 spiro atoms. The van der Waals surface area contributed by atoms with Gasteiger partial charge in [-0.05, 0) is 86.8 Å². The standard InChI is InChI=1S/C29H35NO3/c1-32-27-13-11-22(17-24(27)15-20-7-3-4-8-20)26(19-29(30)31)23-12-14-28(33-2)25(18-23)16-21-9-5-6-10-21/h11-18,26H,3-10,19H2,1-2H3,(H2,30,31). The largest absolute Gasteiger partial charge is 0.496 e. The van der Waals surface area contributed by atoms with Gasteiger partial charge < -0.3 is 15.2 Å². The van der Waals surface area contributed by atoms with Crippen LogP contribution in [0.15, 0.2) is 47.5 Å². The number of methoxy groups -OCH3 is 2. The van der Waals surface area contributed by atoms with Crippen LogP contribution in [-0.2, 0) is 4.79 Å². The Morgan fingerprint density at radius 2 is 1.24 bits per heavy atom. The van der Waals surface area contributed by atoms with Crippen molar-refractivity contribution in [3.05, 3.63) is 69.8 Å². The molecule has 0 atom stereocenters. The molecule has 0 heterocycles. The topological polar surface area (TPSA) is 61.5 Å². The van der Waals surface area contributed by atoms with Gasteiger partial charge >= 0.3 is 0 Å². The van der Waals surface area contributed by atoms with Crippen LogP contribution in [0.1, 0.15) is 86.0 Å². The van der Waals surface area contributed by atoms with Crippen molar-refractivity contribution in [1.82, 2.24) is 0 Å². The number of carbonyl (C=O) groups excluding carboxylic acids is 1. The van der Waals surface area contributed by atoms with E-state index in [1.54, 1.807) is 14.2 Å². The van der Waals surface area contributed by atoms with Crippen LogP contribution in [0.25, 0.3) is 12.2 Å². The second-order valence-electron chi connectivity index (χ2n) is 9.25. The Hall–Kier alpha value is -3.01. The molecule has 2 fully saturated rings. The Morgan fingerprint density at radius 3 is 1.61 bits per heavy atom. The van der Waals surface area contributed by atoms with Crippen LogP contribution in [0.5, 0.6) is 11.5 Å². The number of ether oxygens (including phenoxy) is 2. The molecule has 2 N–H and O–H groups in total. The van der Waals surface area contributed by atoms with Crippen LogP contribution < -0.4 is 15.2 Å². The summed E-state index contributed by atoms with van der Waals surface area (Å²) < 4.78 is 11.3. The Bertz CT molecular complexity index is 973. The van der Waals surface area contributed by atoms with Gasteiger partial charge in [-0.1, -0.05) is 35.4 Å². The second-order valence-corrected chi connectivity index (χ2v) is 9.25. The summed E-state index contributed by atoms with van der Waals surface area (Å²) in [5, 5.41) is 0. The van der Waals surface area contributed by atoms with Crippen molar-refractivity contribution < 1.29 is 14.3 Å². The van der Waals surface area contributed by atoms with Crippen molar-refractivity contribution in [1.29, 1.82) is 0 Å². The SMILES string of the molecule is COc1ccc(C(CC(N)=O)c2ccc(OC)c(C=C3CCCC3)c2)cc1C=C1CCCC1. The van der Waals surface area contributed by atoms with Gasteiger partial charge in [-0.15, -0.1) is 0 Å². The minimum absolute atomic E-state index is 0.124. The first-order valence-corrected chi connectivity index (χ1v) is 12.1. The molecule has 0 unspecified atom stereocenters. The number of primary amides is 1. The van der Waals surface area contributed by atoms with E-state index in [2.05, 4.69) is 36.4 Å². The van der Waals surface area contributed by atoms with Gasteiger partial charge in [0, 0.05) is 23.5 Å². The molecule has 2 aromatic carbocycles. The highest BCUT2D eigenvalue weighted by molar-refractivity contribution is 5.76. The Morgan fingerprint density at radius 1 is 0.818 bits per heavy atom. The maximum absolute atomic E-state index is 12.1. The lowest BCUT2D eigenvalue weighted by Gasteiger charge is -2.20. The summed E-state index contributed by atoms with van der Waals surface area (Å²) in [5.74, 6) is 1.29. The highest BCUT2D eigenvalue weighted by Gasteiger charge is 2.20. The number of hydrogen-bond acceptors (Lipinski definition) is 3. The van der Waals surface area contributed by atoms with Crippen LogP contribution in [0.3, 0.4) is 0 Å². The third-order valence-corrected chi connectivity index (χ3v) is 6.93. The molecular formula is C29H35NO3. The summed E-state index contributed by atoms with van der Waals surface area (Å²) in [7, 11) is 3.41. The second kappa shape index (κ2) is 10.7. The summed E-state index contributed by atoms with van der Waals surface area (Å²) in [5.41, 5.74) is 12.9. The van der Waals surface area contributed by atoms with Gasteiger partial charge in [-0.25, -0.2) is 0 Å². The monoisotopic (exact) mass is 445 g/mol. The van der Waals surface area contributed by atoms with Crippen molar-refractivity contribution in [2.24, 2.45) is 5.73 Å². The molecule has 0 saturated heterocycles. The number of carbonyl (C=O) groups is 1. The molecule has 0 radical (unpaired) electrons. The maximum Gasteiger partial charge on any atom is 0.218 e. The predicted molar refractivity (Wildman–Crippen MR) is 135 cm³/mol. The molecule has 4 rings (SSSR count). The van der Waals surface area contributed by atoms with Crippen molar-refractivity contribution in [2.75, 3.05) is 14.2 Å². The van der Waals surface area contributed by atoms with Crippen LogP contribution in [-0.4, -0.2) is 20.1 Å². The van der Waals surface area contributed by atoms with Gasteiger partial charge in [0.15, 0.2) is 0 Å². The molecule has 2 aromatic rings. The van der Waals surface area contributed by atoms with E-state index in [1.165, 1.54) is 36.8 Å². The predicted octanol–water partition coefficient (Wildman–Crippen LogP) is 6.63. The number of hydrogen-bond donors (Lipinski definition) is 1. The van der Waals surface area contributed by atoms with E-state index in [0.717, 1.165) is 59.4 Å². The van der Waals surface area contributed by atoms with Gasteiger partial charge in [0.25, 0.3) is 0 Å².